The molecule has 1 atom stereocenters. The van der Waals surface area contributed by atoms with Crippen LogP contribution in [0, 0.1) is 0 Å². The second kappa shape index (κ2) is 3.62. The highest BCUT2D eigenvalue weighted by Gasteiger charge is 2.09. The second-order valence-corrected chi connectivity index (χ2v) is 5.73. The van der Waals surface area contributed by atoms with Gasteiger partial charge in [0.25, 0.3) is 0 Å². The fourth-order valence-corrected chi connectivity index (χ4v) is 2.54. The van der Waals surface area contributed by atoms with Gasteiger partial charge in [-0.1, -0.05) is 18.2 Å². The highest BCUT2D eigenvalue weighted by atomic mass is 32.2. The first kappa shape index (κ1) is 10.1. The van der Waals surface area contributed by atoms with Gasteiger partial charge in [-0.25, -0.2) is 8.57 Å². The number of rotatable bonds is 1. The van der Waals surface area contributed by atoms with E-state index in [1.165, 1.54) is 0 Å². The predicted molar refractivity (Wildman–Crippen MR) is 62.4 cm³/mol. The van der Waals surface area contributed by atoms with Crippen LogP contribution in [0.2, 0.25) is 0 Å². The van der Waals surface area contributed by atoms with Crippen LogP contribution < -0.4 is 0 Å². The molecular formula is C11H12N2OS. The van der Waals surface area contributed by atoms with Crippen molar-refractivity contribution in [1.82, 2.24) is 4.98 Å². The number of hydrogen-bond donors (Lipinski definition) is 0. The molecule has 0 spiro atoms. The van der Waals surface area contributed by atoms with E-state index in [4.69, 9.17) is 0 Å². The number of aromatic nitrogens is 1. The summed E-state index contributed by atoms with van der Waals surface area (Å²) in [6.45, 7) is 0. The number of fused-ring (bicyclic) bond motifs is 1. The quantitative estimate of drug-likeness (QED) is 0.740. The Labute approximate surface area is 89.3 Å². The van der Waals surface area contributed by atoms with Crippen molar-refractivity contribution in [3.05, 3.63) is 36.5 Å². The lowest BCUT2D eigenvalue weighted by Gasteiger charge is -2.06. The van der Waals surface area contributed by atoms with Gasteiger partial charge in [0.1, 0.15) is 0 Å². The summed E-state index contributed by atoms with van der Waals surface area (Å²) in [6.07, 6.45) is 3.34. The molecule has 0 saturated carbocycles. The first-order valence-electron chi connectivity index (χ1n) is 4.59. The molecule has 0 fully saturated rings. The van der Waals surface area contributed by atoms with Crippen LogP contribution in [0.25, 0.3) is 10.9 Å². The third kappa shape index (κ3) is 1.72. The molecule has 3 nitrogen and oxygen atoms in total. The summed E-state index contributed by atoms with van der Waals surface area (Å²) in [6, 6.07) is 9.49. The number of para-hydroxylation sites is 1. The fraction of sp³-hybridized carbons (Fsp3) is 0.182. The van der Waals surface area contributed by atoms with Gasteiger partial charge in [-0.2, -0.15) is 0 Å². The predicted octanol–water partition coefficient (Wildman–Crippen LogP) is 2.32. The molecule has 78 valence electrons. The molecule has 0 unspecified atom stereocenters. The summed E-state index contributed by atoms with van der Waals surface area (Å²) in [7, 11) is -0.739. The van der Waals surface area contributed by atoms with Gasteiger partial charge in [-0.15, -0.1) is 0 Å². The molecule has 1 heterocycles. The van der Waals surface area contributed by atoms with E-state index in [0.717, 1.165) is 10.9 Å². The molecule has 0 bridgehead atoms. The zero-order chi connectivity index (χ0) is 10.9. The number of pyridine rings is 1. The smallest absolute Gasteiger partial charge is 0.0872 e. The summed E-state index contributed by atoms with van der Waals surface area (Å²) < 4.78 is 16.1. The van der Waals surface area contributed by atoms with Crippen LogP contribution in [0.4, 0.5) is 0 Å². The molecule has 0 aliphatic carbocycles. The van der Waals surface area contributed by atoms with Crippen LogP contribution >= 0.6 is 0 Å². The Morgan fingerprint density at radius 3 is 2.73 bits per heavy atom. The Hall–Kier alpha value is -1.42. The maximum absolute atomic E-state index is 12.2. The first-order valence-corrected chi connectivity index (χ1v) is 6.51. The van der Waals surface area contributed by atoms with Crippen molar-refractivity contribution in [2.45, 2.75) is 4.90 Å². The van der Waals surface area contributed by atoms with E-state index in [1.54, 1.807) is 19.5 Å². The molecule has 1 aromatic heterocycles. The molecule has 4 heteroatoms. The van der Waals surface area contributed by atoms with E-state index < -0.39 is 9.73 Å². The van der Waals surface area contributed by atoms with Gasteiger partial charge in [0.15, 0.2) is 0 Å². The van der Waals surface area contributed by atoms with Gasteiger partial charge in [-0.05, 0) is 12.1 Å². The highest BCUT2D eigenvalue weighted by Crippen LogP contribution is 2.21. The Kier molecular flexibility index (Phi) is 2.44. The van der Waals surface area contributed by atoms with Crippen LogP contribution in [0.5, 0.6) is 0 Å². The van der Waals surface area contributed by atoms with Crippen LogP contribution in [0.15, 0.2) is 45.8 Å². The molecular weight excluding hydrogens is 208 g/mol. The van der Waals surface area contributed by atoms with E-state index in [9.17, 15) is 4.21 Å². The van der Waals surface area contributed by atoms with Crippen LogP contribution in [-0.4, -0.2) is 22.5 Å². The Balaban J connectivity index is 2.90. The molecule has 0 N–H and O–H groups in total. The summed E-state index contributed by atoms with van der Waals surface area (Å²) in [5, 5.41) is 0.994. The summed E-state index contributed by atoms with van der Waals surface area (Å²) >= 11 is 0. The molecule has 0 radical (unpaired) electrons. The molecule has 0 saturated heterocycles. The summed E-state index contributed by atoms with van der Waals surface area (Å²) in [5.41, 5.74) is 0.776. The molecule has 15 heavy (non-hydrogen) atoms. The van der Waals surface area contributed by atoms with Gasteiger partial charge in [0.05, 0.1) is 20.1 Å². The van der Waals surface area contributed by atoms with Crippen molar-refractivity contribution in [2.75, 3.05) is 13.3 Å². The van der Waals surface area contributed by atoms with Crippen LogP contribution in [0.1, 0.15) is 0 Å². The molecule has 0 aliphatic heterocycles. The monoisotopic (exact) mass is 220 g/mol. The van der Waals surface area contributed by atoms with E-state index in [1.807, 2.05) is 30.3 Å². The molecule has 0 amide bonds. The minimum atomic E-state index is -2.31. The van der Waals surface area contributed by atoms with Crippen LogP contribution in [-0.2, 0) is 9.73 Å². The zero-order valence-corrected chi connectivity index (χ0v) is 9.49. The van der Waals surface area contributed by atoms with Gasteiger partial charge < -0.3 is 0 Å². The van der Waals surface area contributed by atoms with Gasteiger partial charge in [0, 0.05) is 24.9 Å². The maximum atomic E-state index is 12.2. The van der Waals surface area contributed by atoms with Crippen LogP contribution in [0.3, 0.4) is 0 Å². The first-order chi connectivity index (χ1) is 7.15. The van der Waals surface area contributed by atoms with Crippen molar-refractivity contribution < 1.29 is 4.21 Å². The highest BCUT2D eigenvalue weighted by molar-refractivity contribution is 7.93. The van der Waals surface area contributed by atoms with E-state index >= 15 is 0 Å². The Bertz CT molecular complexity index is 608. The second-order valence-electron chi connectivity index (χ2n) is 3.32. The third-order valence-corrected chi connectivity index (χ3v) is 4.19. The number of hydrogen-bond acceptors (Lipinski definition) is 3. The largest absolute Gasteiger partial charge is 0.255 e. The van der Waals surface area contributed by atoms with E-state index in [-0.39, 0.29) is 0 Å². The van der Waals surface area contributed by atoms with Crippen molar-refractivity contribution in [1.29, 1.82) is 0 Å². The average molecular weight is 220 g/mol. The molecule has 2 rings (SSSR count). The van der Waals surface area contributed by atoms with E-state index in [0.29, 0.717) is 4.90 Å². The van der Waals surface area contributed by atoms with Crippen molar-refractivity contribution in [3.8, 4) is 0 Å². The van der Waals surface area contributed by atoms with Crippen molar-refractivity contribution in [3.63, 3.8) is 0 Å². The van der Waals surface area contributed by atoms with E-state index in [2.05, 4.69) is 9.35 Å². The SMILES string of the molecule is CN=[S@](C)(=O)c1cccc2cccnc12. The lowest BCUT2D eigenvalue weighted by Crippen LogP contribution is -1.99. The van der Waals surface area contributed by atoms with Gasteiger partial charge >= 0.3 is 0 Å². The Morgan fingerprint density at radius 1 is 1.27 bits per heavy atom. The van der Waals surface area contributed by atoms with Gasteiger partial charge in [0.2, 0.25) is 0 Å². The summed E-state index contributed by atoms with van der Waals surface area (Å²) in [5.74, 6) is 0. The molecule has 2 aromatic rings. The zero-order valence-electron chi connectivity index (χ0n) is 8.68. The van der Waals surface area contributed by atoms with Gasteiger partial charge in [-0.3, -0.25) is 4.98 Å². The lowest BCUT2D eigenvalue weighted by molar-refractivity contribution is 0.680. The third-order valence-electron chi connectivity index (χ3n) is 2.35. The van der Waals surface area contributed by atoms with Crippen molar-refractivity contribution in [2.24, 2.45) is 4.36 Å². The topological polar surface area (TPSA) is 42.3 Å². The summed E-state index contributed by atoms with van der Waals surface area (Å²) in [4.78, 5) is 4.97. The minimum Gasteiger partial charge on any atom is -0.255 e. The average Bonchev–Trinajstić information content (AvgIpc) is 2.28. The minimum absolute atomic E-state index is 0.711. The molecule has 1 aromatic carbocycles. The number of nitrogens with zero attached hydrogens (tertiary/aromatic N) is 2. The Morgan fingerprint density at radius 2 is 2.00 bits per heavy atom. The lowest BCUT2D eigenvalue weighted by atomic mass is 10.2. The normalized spacial score (nSPS) is 14.8. The standard InChI is InChI=1S/C11H12N2OS/c1-12-15(2,14)10-7-3-5-9-6-4-8-13-11(9)10/h3-8H,1-2H3/t15-/m1/s1. The molecule has 0 aliphatic rings. The maximum Gasteiger partial charge on any atom is 0.0872 e. The van der Waals surface area contributed by atoms with Crippen molar-refractivity contribution >= 4 is 20.6 Å². The number of benzene rings is 1. The fourth-order valence-electron chi connectivity index (χ4n) is 1.48.